The lowest BCUT2D eigenvalue weighted by molar-refractivity contribution is 0.0539. The maximum atomic E-state index is 13.0. The van der Waals surface area contributed by atoms with Gasteiger partial charge in [-0.3, -0.25) is 5.32 Å². The fourth-order valence-corrected chi connectivity index (χ4v) is 3.87. The van der Waals surface area contributed by atoms with Crippen molar-refractivity contribution in [3.63, 3.8) is 0 Å². The van der Waals surface area contributed by atoms with Crippen LogP contribution >= 0.6 is 0 Å². The summed E-state index contributed by atoms with van der Waals surface area (Å²) in [7, 11) is 1.70. The molecule has 7 heteroatoms. The summed E-state index contributed by atoms with van der Waals surface area (Å²) in [6.07, 6.45) is 7.32. The van der Waals surface area contributed by atoms with Gasteiger partial charge in [-0.2, -0.15) is 9.78 Å². The number of hydrogen-bond donors (Lipinski definition) is 1. The maximum absolute atomic E-state index is 13.0. The number of aryl methyl sites for hydroxylation is 1. The number of nitrogens with one attached hydrogen (secondary N) is 1. The number of rotatable bonds is 6. The van der Waals surface area contributed by atoms with Gasteiger partial charge in [0.2, 0.25) is 0 Å². The van der Waals surface area contributed by atoms with E-state index in [1.165, 1.54) is 0 Å². The maximum Gasteiger partial charge on any atom is 0.323 e. The van der Waals surface area contributed by atoms with Crippen LogP contribution in [0.5, 0.6) is 0 Å². The van der Waals surface area contributed by atoms with Gasteiger partial charge >= 0.3 is 6.03 Å². The van der Waals surface area contributed by atoms with Crippen LogP contribution in [0.2, 0.25) is 0 Å². The quantitative estimate of drug-likeness (QED) is 0.860. The van der Waals surface area contributed by atoms with Gasteiger partial charge in [-0.1, -0.05) is 13.3 Å². The third-order valence-corrected chi connectivity index (χ3v) is 4.97. The number of nitrogens with zero attached hydrogens (tertiary/aromatic N) is 4. The fraction of sp³-hybridized carbons (Fsp3) is 0.526. The number of methoxy groups -OCH3 is 1. The van der Waals surface area contributed by atoms with Gasteiger partial charge in [0.15, 0.2) is 5.82 Å². The highest BCUT2D eigenvalue weighted by Gasteiger charge is 2.43. The molecule has 1 atom stereocenters. The number of likely N-dealkylation sites (tertiary alicyclic amines) is 1. The van der Waals surface area contributed by atoms with Crippen molar-refractivity contribution in [3.8, 4) is 5.82 Å². The molecule has 3 rings (SSSR count). The Morgan fingerprint density at radius 3 is 2.96 bits per heavy atom. The fourth-order valence-electron chi connectivity index (χ4n) is 3.87. The number of amides is 2. The van der Waals surface area contributed by atoms with Crippen molar-refractivity contribution in [1.82, 2.24) is 19.7 Å². The van der Waals surface area contributed by atoms with Gasteiger partial charge in [0.25, 0.3) is 0 Å². The first-order valence-electron chi connectivity index (χ1n) is 9.14. The van der Waals surface area contributed by atoms with Gasteiger partial charge in [0.1, 0.15) is 5.82 Å². The monoisotopic (exact) mass is 357 g/mol. The normalized spacial score (nSPS) is 19.7. The number of carbonyl (C=O) groups is 1. The molecule has 1 aliphatic rings. The first-order valence-corrected chi connectivity index (χ1v) is 9.14. The second-order valence-electron chi connectivity index (χ2n) is 6.91. The Morgan fingerprint density at radius 1 is 1.38 bits per heavy atom. The SMILES string of the molecule is CCCC1(COC)CCCN1C(=O)Nc1ccnn1-c1cc(C)ccn1. The van der Waals surface area contributed by atoms with E-state index in [4.69, 9.17) is 4.74 Å². The zero-order valence-corrected chi connectivity index (χ0v) is 15.7. The molecule has 1 unspecified atom stereocenters. The van der Waals surface area contributed by atoms with Crippen LogP contribution in [0.25, 0.3) is 5.82 Å². The molecular formula is C19H27N5O2. The molecule has 2 aromatic heterocycles. The largest absolute Gasteiger partial charge is 0.382 e. The Labute approximate surface area is 154 Å². The van der Waals surface area contributed by atoms with Gasteiger partial charge in [-0.05, 0) is 43.9 Å². The zero-order valence-electron chi connectivity index (χ0n) is 15.7. The standard InChI is InChI=1S/C19H27N5O2/c1-4-8-19(14-26-3)9-5-12-23(19)18(25)22-16-7-11-21-24(16)17-13-15(2)6-10-20-17/h6-7,10-11,13H,4-5,8-9,12,14H2,1-3H3,(H,22,25). The molecular weight excluding hydrogens is 330 g/mol. The first kappa shape index (κ1) is 18.4. The minimum Gasteiger partial charge on any atom is -0.382 e. The Hall–Kier alpha value is -2.41. The Balaban J connectivity index is 1.81. The van der Waals surface area contributed by atoms with Crippen molar-refractivity contribution in [2.45, 2.75) is 45.1 Å². The summed E-state index contributed by atoms with van der Waals surface area (Å²) in [6.45, 7) is 5.45. The molecule has 1 aliphatic heterocycles. The number of aromatic nitrogens is 3. The van der Waals surface area contributed by atoms with E-state index in [1.54, 1.807) is 30.3 Å². The van der Waals surface area contributed by atoms with Gasteiger partial charge in [0.05, 0.1) is 18.3 Å². The second kappa shape index (κ2) is 7.86. The van der Waals surface area contributed by atoms with E-state index in [1.807, 2.05) is 24.0 Å². The lowest BCUT2D eigenvalue weighted by atomic mass is 9.91. The van der Waals surface area contributed by atoms with Gasteiger partial charge in [-0.25, -0.2) is 9.78 Å². The Kier molecular flexibility index (Phi) is 5.56. The first-order chi connectivity index (χ1) is 12.6. The topological polar surface area (TPSA) is 72.3 Å². The summed E-state index contributed by atoms with van der Waals surface area (Å²) in [5.74, 6) is 1.30. The van der Waals surface area contributed by atoms with Gasteiger partial charge < -0.3 is 9.64 Å². The molecule has 0 spiro atoms. The van der Waals surface area contributed by atoms with E-state index < -0.39 is 0 Å². The molecule has 1 saturated heterocycles. The van der Waals surface area contributed by atoms with Gasteiger partial charge in [-0.15, -0.1) is 0 Å². The second-order valence-corrected chi connectivity index (χ2v) is 6.91. The van der Waals surface area contributed by atoms with Crippen LogP contribution in [-0.4, -0.2) is 51.5 Å². The highest BCUT2D eigenvalue weighted by atomic mass is 16.5. The predicted molar refractivity (Wildman–Crippen MR) is 101 cm³/mol. The number of ether oxygens (including phenoxy) is 1. The molecule has 0 saturated carbocycles. The number of hydrogen-bond acceptors (Lipinski definition) is 4. The highest BCUT2D eigenvalue weighted by Crippen LogP contribution is 2.34. The summed E-state index contributed by atoms with van der Waals surface area (Å²) < 4.78 is 7.11. The van der Waals surface area contributed by atoms with Crippen LogP contribution < -0.4 is 5.32 Å². The van der Waals surface area contributed by atoms with E-state index >= 15 is 0 Å². The van der Waals surface area contributed by atoms with E-state index in [0.717, 1.165) is 37.8 Å². The molecule has 1 fully saturated rings. The van der Waals surface area contributed by atoms with Crippen LogP contribution in [0.4, 0.5) is 10.6 Å². The number of pyridine rings is 1. The minimum atomic E-state index is -0.222. The van der Waals surface area contributed by atoms with Crippen LogP contribution in [0, 0.1) is 6.92 Å². The molecule has 3 heterocycles. The summed E-state index contributed by atoms with van der Waals surface area (Å²) in [4.78, 5) is 19.3. The zero-order chi connectivity index (χ0) is 18.6. The van der Waals surface area contributed by atoms with Gasteiger partial charge in [0, 0.05) is 25.9 Å². The van der Waals surface area contributed by atoms with Crippen molar-refractivity contribution in [3.05, 3.63) is 36.2 Å². The summed E-state index contributed by atoms with van der Waals surface area (Å²) in [5.41, 5.74) is 0.865. The van der Waals surface area contributed by atoms with Crippen molar-refractivity contribution < 1.29 is 9.53 Å². The van der Waals surface area contributed by atoms with Crippen molar-refractivity contribution in [1.29, 1.82) is 0 Å². The molecule has 2 amide bonds. The van der Waals surface area contributed by atoms with Crippen LogP contribution in [0.3, 0.4) is 0 Å². The lowest BCUT2D eigenvalue weighted by Crippen LogP contribution is -2.52. The van der Waals surface area contributed by atoms with E-state index in [-0.39, 0.29) is 11.6 Å². The molecule has 0 aliphatic carbocycles. The molecule has 0 aromatic carbocycles. The lowest BCUT2D eigenvalue weighted by Gasteiger charge is -2.38. The van der Waals surface area contributed by atoms with Crippen molar-refractivity contribution >= 4 is 11.8 Å². The number of urea groups is 1. The number of anilines is 1. The molecule has 140 valence electrons. The molecule has 7 nitrogen and oxygen atoms in total. The minimum absolute atomic E-state index is 0.109. The third-order valence-electron chi connectivity index (χ3n) is 4.97. The molecule has 2 aromatic rings. The van der Waals surface area contributed by atoms with Crippen molar-refractivity contribution in [2.75, 3.05) is 25.6 Å². The summed E-state index contributed by atoms with van der Waals surface area (Å²) in [5, 5.41) is 7.33. The number of carbonyl (C=O) groups excluding carboxylic acids is 1. The third kappa shape index (κ3) is 3.58. The highest BCUT2D eigenvalue weighted by molar-refractivity contribution is 5.89. The molecule has 0 radical (unpaired) electrons. The summed E-state index contributed by atoms with van der Waals surface area (Å²) >= 11 is 0. The molecule has 1 N–H and O–H groups in total. The predicted octanol–water partition coefficient (Wildman–Crippen LogP) is 3.39. The van der Waals surface area contributed by atoms with Crippen LogP contribution in [-0.2, 0) is 4.74 Å². The summed E-state index contributed by atoms with van der Waals surface area (Å²) in [6, 6.07) is 5.54. The molecule has 0 bridgehead atoms. The van der Waals surface area contributed by atoms with Crippen molar-refractivity contribution in [2.24, 2.45) is 0 Å². The average Bonchev–Trinajstić information content (AvgIpc) is 3.23. The smallest absolute Gasteiger partial charge is 0.323 e. The average molecular weight is 357 g/mol. The molecule has 26 heavy (non-hydrogen) atoms. The van der Waals surface area contributed by atoms with E-state index in [9.17, 15) is 4.79 Å². The van der Waals surface area contributed by atoms with Crippen LogP contribution in [0.1, 0.15) is 38.2 Å². The van der Waals surface area contributed by atoms with E-state index in [0.29, 0.717) is 18.2 Å². The van der Waals surface area contributed by atoms with Crippen LogP contribution in [0.15, 0.2) is 30.6 Å². The van der Waals surface area contributed by atoms with E-state index in [2.05, 4.69) is 22.3 Å². The Morgan fingerprint density at radius 2 is 2.23 bits per heavy atom. The Bertz CT molecular complexity index is 752.